The number of urea groups is 1. The van der Waals surface area contributed by atoms with Gasteiger partial charge in [-0.1, -0.05) is 83.6 Å². The summed E-state index contributed by atoms with van der Waals surface area (Å²) in [7, 11) is 0. The van der Waals surface area contributed by atoms with Crippen molar-refractivity contribution in [2.24, 2.45) is 0 Å². The summed E-state index contributed by atoms with van der Waals surface area (Å²) >= 11 is 1.29. The van der Waals surface area contributed by atoms with Gasteiger partial charge in [0.15, 0.2) is 0 Å². The van der Waals surface area contributed by atoms with Crippen LogP contribution in [-0.4, -0.2) is 28.2 Å². The van der Waals surface area contributed by atoms with Gasteiger partial charge in [-0.15, -0.1) is 10.2 Å². The Hall–Kier alpha value is -4.04. The van der Waals surface area contributed by atoms with Gasteiger partial charge in [-0.2, -0.15) is 0 Å². The summed E-state index contributed by atoms with van der Waals surface area (Å²) in [5.41, 5.74) is 5.61. The van der Waals surface area contributed by atoms with Crippen LogP contribution < -0.4 is 16.0 Å². The highest BCUT2D eigenvalue weighted by Crippen LogP contribution is 2.27. The first-order valence-corrected chi connectivity index (χ1v) is 12.1. The van der Waals surface area contributed by atoms with Crippen LogP contribution in [0.25, 0.3) is 10.6 Å². The molecule has 0 fully saturated rings. The van der Waals surface area contributed by atoms with Crippen LogP contribution in [-0.2, 0) is 11.2 Å². The molecular formula is C27H27N5O2S. The van der Waals surface area contributed by atoms with Crippen LogP contribution in [0.15, 0.2) is 72.8 Å². The number of aryl methyl sites for hydroxylation is 3. The fourth-order valence-electron chi connectivity index (χ4n) is 3.74. The Kier molecular flexibility index (Phi) is 7.52. The second kappa shape index (κ2) is 10.9. The summed E-state index contributed by atoms with van der Waals surface area (Å²) in [4.78, 5) is 26.1. The highest BCUT2D eigenvalue weighted by Gasteiger charge is 2.23. The molecule has 0 aliphatic carbocycles. The third-order valence-corrected chi connectivity index (χ3v) is 6.43. The Labute approximate surface area is 208 Å². The maximum absolute atomic E-state index is 13.2. The predicted octanol–water partition coefficient (Wildman–Crippen LogP) is 5.50. The number of rotatable bonds is 7. The zero-order valence-corrected chi connectivity index (χ0v) is 20.6. The Morgan fingerprint density at radius 3 is 2.29 bits per heavy atom. The first-order chi connectivity index (χ1) is 16.9. The quantitative estimate of drug-likeness (QED) is 0.322. The molecule has 0 saturated carbocycles. The second-order valence-corrected chi connectivity index (χ2v) is 9.36. The van der Waals surface area contributed by atoms with Gasteiger partial charge in [-0.3, -0.25) is 10.1 Å². The lowest BCUT2D eigenvalue weighted by atomic mass is 10.1. The van der Waals surface area contributed by atoms with Crippen molar-refractivity contribution < 1.29 is 9.59 Å². The average Bonchev–Trinajstić information content (AvgIpc) is 3.30. The van der Waals surface area contributed by atoms with E-state index in [1.54, 1.807) is 0 Å². The summed E-state index contributed by atoms with van der Waals surface area (Å²) in [5.74, 6) is -0.363. The van der Waals surface area contributed by atoms with E-state index in [1.807, 2.05) is 93.6 Å². The van der Waals surface area contributed by atoms with Crippen molar-refractivity contribution in [3.8, 4) is 10.6 Å². The molecule has 0 aliphatic rings. The number of hydrogen-bond acceptors (Lipinski definition) is 5. The maximum atomic E-state index is 13.2. The first kappa shape index (κ1) is 24.1. The molecule has 0 bridgehead atoms. The van der Waals surface area contributed by atoms with E-state index < -0.39 is 12.1 Å². The van der Waals surface area contributed by atoms with E-state index >= 15 is 0 Å². The number of nitrogens with one attached hydrogen (secondary N) is 3. The van der Waals surface area contributed by atoms with E-state index in [0.717, 1.165) is 33.5 Å². The van der Waals surface area contributed by atoms with Crippen LogP contribution >= 0.6 is 11.3 Å². The van der Waals surface area contributed by atoms with Gasteiger partial charge in [0.2, 0.25) is 11.0 Å². The molecule has 0 radical (unpaired) electrons. The molecule has 4 aromatic rings. The van der Waals surface area contributed by atoms with E-state index in [-0.39, 0.29) is 5.91 Å². The number of benzene rings is 3. The molecule has 1 heterocycles. The minimum atomic E-state index is -0.812. The number of nitrogens with zero attached hydrogens (tertiary/aromatic N) is 2. The molecule has 7 nitrogen and oxygen atoms in total. The van der Waals surface area contributed by atoms with Crippen molar-refractivity contribution >= 4 is 34.1 Å². The minimum absolute atomic E-state index is 0.330. The molecule has 1 atom stereocenters. The SMILES string of the molecule is Cc1cccc(-c2nnc(NC(=O)[C@@H](Cc3ccccc3)NC(=O)Nc3c(C)cccc3C)s2)c1. The summed E-state index contributed by atoms with van der Waals surface area (Å²) in [6.45, 7) is 5.87. The van der Waals surface area contributed by atoms with Crippen molar-refractivity contribution in [3.05, 3.63) is 95.1 Å². The van der Waals surface area contributed by atoms with Gasteiger partial charge in [-0.05, 0) is 43.5 Å². The number of anilines is 2. The van der Waals surface area contributed by atoms with Gasteiger partial charge in [0.1, 0.15) is 11.0 Å². The molecule has 0 saturated heterocycles. The lowest BCUT2D eigenvalue weighted by Gasteiger charge is -2.19. The van der Waals surface area contributed by atoms with Gasteiger partial charge < -0.3 is 10.6 Å². The fraction of sp³-hybridized carbons (Fsp3) is 0.185. The van der Waals surface area contributed by atoms with E-state index in [0.29, 0.717) is 16.6 Å². The molecule has 8 heteroatoms. The van der Waals surface area contributed by atoms with Gasteiger partial charge in [-0.25, -0.2) is 4.79 Å². The Morgan fingerprint density at radius 1 is 0.857 bits per heavy atom. The van der Waals surface area contributed by atoms with Gasteiger partial charge in [0.05, 0.1) is 0 Å². The molecule has 4 rings (SSSR count). The van der Waals surface area contributed by atoms with Gasteiger partial charge in [0, 0.05) is 17.7 Å². The molecule has 1 aromatic heterocycles. The van der Waals surface area contributed by atoms with Crippen LogP contribution in [0, 0.1) is 20.8 Å². The lowest BCUT2D eigenvalue weighted by molar-refractivity contribution is -0.117. The van der Waals surface area contributed by atoms with Crippen molar-refractivity contribution in [1.82, 2.24) is 15.5 Å². The zero-order chi connectivity index (χ0) is 24.8. The molecule has 178 valence electrons. The molecule has 3 N–H and O–H groups in total. The van der Waals surface area contributed by atoms with E-state index in [9.17, 15) is 9.59 Å². The summed E-state index contributed by atoms with van der Waals surface area (Å²) in [6, 6.07) is 22.0. The molecule has 35 heavy (non-hydrogen) atoms. The molecule has 0 unspecified atom stereocenters. The Bertz CT molecular complexity index is 1320. The zero-order valence-electron chi connectivity index (χ0n) is 19.8. The van der Waals surface area contributed by atoms with Crippen LogP contribution in [0.1, 0.15) is 22.3 Å². The number of aromatic nitrogens is 2. The largest absolute Gasteiger partial charge is 0.326 e. The van der Waals surface area contributed by atoms with Crippen molar-refractivity contribution in [2.75, 3.05) is 10.6 Å². The number of amides is 3. The van der Waals surface area contributed by atoms with Crippen LogP contribution in [0.5, 0.6) is 0 Å². The second-order valence-electron chi connectivity index (χ2n) is 8.38. The third-order valence-electron chi connectivity index (χ3n) is 5.54. The molecule has 0 spiro atoms. The van der Waals surface area contributed by atoms with E-state index in [2.05, 4.69) is 26.1 Å². The average molecular weight is 486 g/mol. The maximum Gasteiger partial charge on any atom is 0.319 e. The van der Waals surface area contributed by atoms with Crippen LogP contribution in [0.3, 0.4) is 0 Å². The smallest absolute Gasteiger partial charge is 0.319 e. The Balaban J connectivity index is 1.50. The van der Waals surface area contributed by atoms with E-state index in [1.165, 1.54) is 11.3 Å². The molecular weight excluding hydrogens is 458 g/mol. The number of para-hydroxylation sites is 1. The highest BCUT2D eigenvalue weighted by molar-refractivity contribution is 7.18. The van der Waals surface area contributed by atoms with Crippen LogP contribution in [0.2, 0.25) is 0 Å². The van der Waals surface area contributed by atoms with Crippen molar-refractivity contribution in [1.29, 1.82) is 0 Å². The molecule has 3 aromatic carbocycles. The van der Waals surface area contributed by atoms with Gasteiger partial charge in [0.25, 0.3) is 0 Å². The van der Waals surface area contributed by atoms with Crippen LogP contribution in [0.4, 0.5) is 15.6 Å². The van der Waals surface area contributed by atoms with Crippen molar-refractivity contribution in [3.63, 3.8) is 0 Å². The topological polar surface area (TPSA) is 96.0 Å². The normalized spacial score (nSPS) is 11.5. The summed E-state index contributed by atoms with van der Waals surface area (Å²) in [5, 5.41) is 18.0. The first-order valence-electron chi connectivity index (χ1n) is 11.3. The molecule has 3 amide bonds. The number of carbonyl (C=O) groups excluding carboxylic acids is 2. The monoisotopic (exact) mass is 485 g/mol. The Morgan fingerprint density at radius 2 is 1.57 bits per heavy atom. The standard InChI is InChI=1S/C27H27N5O2S/c1-17-9-7-14-21(15-17)25-31-32-27(35-25)30-24(33)22(16-20-12-5-4-6-13-20)28-26(34)29-23-18(2)10-8-11-19(23)3/h4-15,22H,16H2,1-3H3,(H2,28,29,34)(H,30,32,33)/t22-/m1/s1. The van der Waals surface area contributed by atoms with E-state index in [4.69, 9.17) is 0 Å². The number of hydrogen-bond donors (Lipinski definition) is 3. The predicted molar refractivity (Wildman–Crippen MR) is 141 cm³/mol. The fourth-order valence-corrected chi connectivity index (χ4v) is 4.48. The minimum Gasteiger partial charge on any atom is -0.326 e. The molecule has 0 aliphatic heterocycles. The number of carbonyl (C=O) groups is 2. The van der Waals surface area contributed by atoms with Crippen molar-refractivity contribution in [2.45, 2.75) is 33.2 Å². The third kappa shape index (κ3) is 6.30. The highest BCUT2D eigenvalue weighted by atomic mass is 32.1. The lowest BCUT2D eigenvalue weighted by Crippen LogP contribution is -2.47. The summed E-state index contributed by atoms with van der Waals surface area (Å²) in [6.07, 6.45) is 0.330. The summed E-state index contributed by atoms with van der Waals surface area (Å²) < 4.78 is 0. The van der Waals surface area contributed by atoms with Gasteiger partial charge >= 0.3 is 6.03 Å².